The van der Waals surface area contributed by atoms with Gasteiger partial charge in [0.1, 0.15) is 17.6 Å². The zero-order chi connectivity index (χ0) is 18.1. The van der Waals surface area contributed by atoms with E-state index < -0.39 is 0 Å². The molecule has 0 aliphatic carbocycles. The van der Waals surface area contributed by atoms with Gasteiger partial charge in [-0.15, -0.1) is 0 Å². The molecule has 0 spiro atoms. The minimum Gasteiger partial charge on any atom is -0.437 e. The number of aryl methyl sites for hydroxylation is 3. The van der Waals surface area contributed by atoms with Gasteiger partial charge in [-0.2, -0.15) is 0 Å². The van der Waals surface area contributed by atoms with E-state index >= 15 is 0 Å². The molecular formula is C21H18N4O. The van der Waals surface area contributed by atoms with Crippen molar-refractivity contribution in [2.75, 3.05) is 0 Å². The summed E-state index contributed by atoms with van der Waals surface area (Å²) in [6, 6.07) is 11.8. The van der Waals surface area contributed by atoms with Crippen LogP contribution < -0.4 is 4.74 Å². The third-order valence-electron chi connectivity index (χ3n) is 4.40. The number of pyridine rings is 2. The minimum atomic E-state index is 0.505. The lowest BCUT2D eigenvalue weighted by molar-refractivity contribution is 0.467. The maximum absolute atomic E-state index is 6.02. The van der Waals surface area contributed by atoms with Crippen molar-refractivity contribution in [1.29, 1.82) is 0 Å². The monoisotopic (exact) mass is 342 g/mol. The Balaban J connectivity index is 1.73. The van der Waals surface area contributed by atoms with E-state index in [1.165, 1.54) is 0 Å². The van der Waals surface area contributed by atoms with Gasteiger partial charge in [0, 0.05) is 34.7 Å². The molecule has 5 heteroatoms. The maximum Gasteiger partial charge on any atom is 0.246 e. The van der Waals surface area contributed by atoms with Crippen molar-refractivity contribution >= 4 is 10.9 Å². The number of fused-ring (bicyclic) bond motifs is 1. The summed E-state index contributed by atoms with van der Waals surface area (Å²) >= 11 is 0. The smallest absolute Gasteiger partial charge is 0.246 e. The fourth-order valence-corrected chi connectivity index (χ4v) is 3.13. The summed E-state index contributed by atoms with van der Waals surface area (Å²) in [4.78, 5) is 17.4. The van der Waals surface area contributed by atoms with Gasteiger partial charge in [0.15, 0.2) is 0 Å². The van der Waals surface area contributed by atoms with Gasteiger partial charge in [-0.1, -0.05) is 12.1 Å². The normalized spacial score (nSPS) is 10.9. The molecule has 4 rings (SSSR count). The molecular weight excluding hydrogens is 324 g/mol. The average Bonchev–Trinajstić information content (AvgIpc) is 2.63. The summed E-state index contributed by atoms with van der Waals surface area (Å²) in [5.74, 6) is 1.23. The Bertz CT molecular complexity index is 1080. The van der Waals surface area contributed by atoms with Gasteiger partial charge in [-0.05, 0) is 56.2 Å². The van der Waals surface area contributed by atoms with Gasteiger partial charge in [0.05, 0.1) is 0 Å². The second-order valence-electron chi connectivity index (χ2n) is 6.19. The summed E-state index contributed by atoms with van der Waals surface area (Å²) in [7, 11) is 0. The highest BCUT2D eigenvalue weighted by Gasteiger charge is 2.12. The molecule has 0 atom stereocenters. The molecule has 0 bridgehead atoms. The van der Waals surface area contributed by atoms with Crippen molar-refractivity contribution in [2.45, 2.75) is 20.8 Å². The molecule has 1 aromatic carbocycles. The Morgan fingerprint density at radius 3 is 2.38 bits per heavy atom. The predicted molar refractivity (Wildman–Crippen MR) is 101 cm³/mol. The van der Waals surface area contributed by atoms with Gasteiger partial charge in [-0.3, -0.25) is 4.98 Å². The first kappa shape index (κ1) is 16.1. The first-order chi connectivity index (χ1) is 12.6. The van der Waals surface area contributed by atoms with Gasteiger partial charge < -0.3 is 4.74 Å². The molecule has 0 radical (unpaired) electrons. The van der Waals surface area contributed by atoms with Crippen molar-refractivity contribution in [3.05, 3.63) is 72.1 Å². The summed E-state index contributed by atoms with van der Waals surface area (Å²) < 4.78 is 6.02. The van der Waals surface area contributed by atoms with Crippen molar-refractivity contribution in [3.63, 3.8) is 0 Å². The Hall–Kier alpha value is -3.34. The van der Waals surface area contributed by atoms with Crippen molar-refractivity contribution in [3.8, 4) is 22.8 Å². The molecule has 5 nitrogen and oxygen atoms in total. The lowest BCUT2D eigenvalue weighted by atomic mass is 9.98. The summed E-state index contributed by atoms with van der Waals surface area (Å²) in [5, 5.41) is 0.999. The fraction of sp³-hybridized carbons (Fsp3) is 0.143. The molecule has 26 heavy (non-hydrogen) atoms. The molecule has 0 saturated heterocycles. The third kappa shape index (κ3) is 2.88. The minimum absolute atomic E-state index is 0.505. The van der Waals surface area contributed by atoms with Crippen LogP contribution in [0.4, 0.5) is 0 Å². The van der Waals surface area contributed by atoms with Crippen LogP contribution in [0.25, 0.3) is 22.0 Å². The van der Waals surface area contributed by atoms with Crippen LogP contribution in [0, 0.1) is 20.8 Å². The maximum atomic E-state index is 6.02. The Kier molecular flexibility index (Phi) is 4.05. The fourth-order valence-electron chi connectivity index (χ4n) is 3.13. The zero-order valence-electron chi connectivity index (χ0n) is 14.9. The lowest BCUT2D eigenvalue weighted by Gasteiger charge is -2.13. The van der Waals surface area contributed by atoms with E-state index in [1.807, 2.05) is 50.2 Å². The van der Waals surface area contributed by atoms with Gasteiger partial charge in [0.2, 0.25) is 5.88 Å². The molecule has 4 aromatic rings. The highest BCUT2D eigenvalue weighted by atomic mass is 16.5. The van der Waals surface area contributed by atoms with E-state index in [-0.39, 0.29) is 0 Å². The molecule has 0 saturated carbocycles. The molecule has 128 valence electrons. The summed E-state index contributed by atoms with van der Waals surface area (Å²) in [6.45, 7) is 6.06. The van der Waals surface area contributed by atoms with Crippen molar-refractivity contribution < 1.29 is 4.74 Å². The van der Waals surface area contributed by atoms with E-state index in [0.717, 1.165) is 44.7 Å². The van der Waals surface area contributed by atoms with Crippen LogP contribution in [-0.4, -0.2) is 19.9 Å². The number of benzene rings is 1. The van der Waals surface area contributed by atoms with Gasteiger partial charge >= 0.3 is 0 Å². The predicted octanol–water partition coefficient (Wildman–Crippen LogP) is 4.80. The average molecular weight is 342 g/mol. The van der Waals surface area contributed by atoms with E-state index in [2.05, 4.69) is 26.9 Å². The largest absolute Gasteiger partial charge is 0.437 e. The lowest BCUT2D eigenvalue weighted by Crippen LogP contribution is -1.97. The Labute approximate surface area is 151 Å². The molecule has 3 heterocycles. The molecule has 0 N–H and O–H groups in total. The SMILES string of the molecule is Cc1cc(Oc2nccc3cccnc23)ccc1-c1c(C)ncnc1C. The van der Waals surface area contributed by atoms with Gasteiger partial charge in [-0.25, -0.2) is 15.0 Å². The number of hydrogen-bond donors (Lipinski definition) is 0. The number of ether oxygens (including phenoxy) is 1. The molecule has 0 amide bonds. The van der Waals surface area contributed by atoms with Gasteiger partial charge in [0.25, 0.3) is 0 Å². The zero-order valence-corrected chi connectivity index (χ0v) is 14.9. The summed E-state index contributed by atoms with van der Waals surface area (Å²) in [5.41, 5.74) is 5.96. The molecule has 0 unspecified atom stereocenters. The number of aromatic nitrogens is 4. The van der Waals surface area contributed by atoms with Crippen LogP contribution in [0.3, 0.4) is 0 Å². The molecule has 0 aliphatic heterocycles. The van der Waals surface area contributed by atoms with E-state index in [1.54, 1.807) is 18.7 Å². The van der Waals surface area contributed by atoms with E-state index in [0.29, 0.717) is 5.88 Å². The van der Waals surface area contributed by atoms with E-state index in [4.69, 9.17) is 4.74 Å². The van der Waals surface area contributed by atoms with Crippen LogP contribution >= 0.6 is 0 Å². The molecule has 3 aromatic heterocycles. The number of hydrogen-bond acceptors (Lipinski definition) is 5. The molecule has 0 fully saturated rings. The van der Waals surface area contributed by atoms with Crippen molar-refractivity contribution in [1.82, 2.24) is 19.9 Å². The van der Waals surface area contributed by atoms with Crippen LogP contribution in [0.15, 0.2) is 55.1 Å². The van der Waals surface area contributed by atoms with Crippen LogP contribution in [0.2, 0.25) is 0 Å². The van der Waals surface area contributed by atoms with Crippen molar-refractivity contribution in [2.24, 2.45) is 0 Å². The second-order valence-corrected chi connectivity index (χ2v) is 6.19. The second kappa shape index (κ2) is 6.52. The first-order valence-corrected chi connectivity index (χ1v) is 8.40. The summed E-state index contributed by atoms with van der Waals surface area (Å²) in [6.07, 6.45) is 5.07. The number of rotatable bonds is 3. The topological polar surface area (TPSA) is 60.8 Å². The van der Waals surface area contributed by atoms with Crippen LogP contribution in [0.5, 0.6) is 11.6 Å². The quantitative estimate of drug-likeness (QED) is 0.535. The van der Waals surface area contributed by atoms with Crippen LogP contribution in [0.1, 0.15) is 17.0 Å². The molecule has 0 aliphatic rings. The Morgan fingerprint density at radius 2 is 1.62 bits per heavy atom. The third-order valence-corrected chi connectivity index (χ3v) is 4.40. The highest BCUT2D eigenvalue weighted by molar-refractivity contribution is 5.82. The highest BCUT2D eigenvalue weighted by Crippen LogP contribution is 2.32. The van der Waals surface area contributed by atoms with E-state index in [9.17, 15) is 0 Å². The number of nitrogens with zero attached hydrogens (tertiary/aromatic N) is 4. The van der Waals surface area contributed by atoms with Crippen LogP contribution in [-0.2, 0) is 0 Å². The standard InChI is InChI=1S/C21H18N4O/c1-13-11-17(6-7-18(13)19-14(2)24-12-25-15(19)3)26-21-20-16(8-10-23-21)5-4-9-22-20/h4-12H,1-3H3. The Morgan fingerprint density at radius 1 is 0.808 bits per heavy atom. The first-order valence-electron chi connectivity index (χ1n) is 8.40.